The number of amides is 2. The average Bonchev–Trinajstić information content (AvgIpc) is 3.48. The topological polar surface area (TPSA) is 120 Å². The maximum Gasteiger partial charge on any atom is 0.279 e. The zero-order chi connectivity index (χ0) is 27.6. The third kappa shape index (κ3) is 5.39. The maximum absolute atomic E-state index is 14.2. The van der Waals surface area contributed by atoms with Gasteiger partial charge in [0.15, 0.2) is 0 Å². The van der Waals surface area contributed by atoms with Gasteiger partial charge in [-0.1, -0.05) is 57.2 Å². The highest BCUT2D eigenvalue weighted by molar-refractivity contribution is 6.09. The van der Waals surface area contributed by atoms with E-state index in [0.29, 0.717) is 22.6 Å². The van der Waals surface area contributed by atoms with Crippen molar-refractivity contribution in [1.29, 1.82) is 0 Å². The number of nitrogens with one attached hydrogen (secondary N) is 2. The molecule has 0 saturated heterocycles. The predicted octanol–water partition coefficient (Wildman–Crippen LogP) is 4.10. The Morgan fingerprint density at radius 3 is 2.54 bits per heavy atom. The first-order valence-corrected chi connectivity index (χ1v) is 12.8. The number of hydrogen-bond acceptors (Lipinski definition) is 6. The van der Waals surface area contributed by atoms with Gasteiger partial charge in [-0.25, -0.2) is 4.98 Å². The Bertz CT molecular complexity index is 1430. The number of para-hydroxylation sites is 1. The van der Waals surface area contributed by atoms with Gasteiger partial charge < -0.3 is 20.1 Å². The standard InChI is InChI=1S/C30H31N5O4/c1-30(2,3)20-10-12-21(13-11-20)35(29(38)23-16-32-18-33-23)27(19-7-6-14-31-15-19)28(37)34-26-22-8-4-5-9-25(22)39-17-24(26)36/h4-16,18,24,26-27,36H,17H2,1-3H3,(H,32,33)(H,34,37)/t24-,26-,27?/m0/s1. The lowest BCUT2D eigenvalue weighted by Gasteiger charge is -2.35. The molecule has 1 unspecified atom stereocenters. The lowest BCUT2D eigenvalue weighted by atomic mass is 9.87. The van der Waals surface area contributed by atoms with Crippen LogP contribution in [0.5, 0.6) is 5.75 Å². The van der Waals surface area contributed by atoms with E-state index in [2.05, 4.69) is 41.0 Å². The third-order valence-electron chi connectivity index (χ3n) is 6.80. The number of nitrogens with zero attached hydrogens (tertiary/aromatic N) is 3. The van der Waals surface area contributed by atoms with Crippen LogP contribution in [0.4, 0.5) is 5.69 Å². The number of rotatable bonds is 6. The van der Waals surface area contributed by atoms with Crippen molar-refractivity contribution in [1.82, 2.24) is 20.3 Å². The van der Waals surface area contributed by atoms with Crippen LogP contribution in [0.1, 0.15) is 60.0 Å². The molecule has 2 amide bonds. The number of anilines is 1. The summed E-state index contributed by atoms with van der Waals surface area (Å²) in [6.45, 7) is 6.36. The predicted molar refractivity (Wildman–Crippen MR) is 146 cm³/mol. The molecule has 9 heteroatoms. The van der Waals surface area contributed by atoms with Gasteiger partial charge in [0.2, 0.25) is 5.91 Å². The van der Waals surface area contributed by atoms with E-state index in [9.17, 15) is 14.7 Å². The molecule has 3 heterocycles. The molecule has 0 radical (unpaired) electrons. The molecule has 1 aliphatic heterocycles. The molecular weight excluding hydrogens is 494 g/mol. The molecule has 0 aliphatic carbocycles. The van der Waals surface area contributed by atoms with Gasteiger partial charge in [0.05, 0.1) is 12.4 Å². The Kier molecular flexibility index (Phi) is 7.17. The van der Waals surface area contributed by atoms with Crippen molar-refractivity contribution in [2.75, 3.05) is 11.5 Å². The SMILES string of the molecule is CC(C)(C)c1ccc(N(C(=O)c2c[nH]cn2)C(C(=O)N[C@H]2c3ccccc3OC[C@@H]2O)c2cccnc2)cc1. The van der Waals surface area contributed by atoms with Crippen molar-refractivity contribution in [3.8, 4) is 5.75 Å². The molecule has 200 valence electrons. The molecule has 39 heavy (non-hydrogen) atoms. The fourth-order valence-corrected chi connectivity index (χ4v) is 4.72. The number of aliphatic hydroxyl groups is 1. The molecule has 2 aromatic carbocycles. The highest BCUT2D eigenvalue weighted by Gasteiger charge is 2.38. The third-order valence-corrected chi connectivity index (χ3v) is 6.80. The van der Waals surface area contributed by atoms with E-state index in [1.54, 1.807) is 36.7 Å². The first kappa shape index (κ1) is 26.1. The highest BCUT2D eigenvalue weighted by atomic mass is 16.5. The number of fused-ring (bicyclic) bond motifs is 1. The molecule has 9 nitrogen and oxygen atoms in total. The van der Waals surface area contributed by atoms with Crippen LogP contribution in [0, 0.1) is 0 Å². The summed E-state index contributed by atoms with van der Waals surface area (Å²) < 4.78 is 5.65. The van der Waals surface area contributed by atoms with Gasteiger partial charge in [0.1, 0.15) is 30.2 Å². The molecule has 0 spiro atoms. The Morgan fingerprint density at radius 2 is 1.87 bits per heavy atom. The van der Waals surface area contributed by atoms with Crippen LogP contribution in [0.15, 0.2) is 85.6 Å². The number of H-pyrrole nitrogens is 1. The molecule has 5 rings (SSSR count). The Hall–Kier alpha value is -4.50. The summed E-state index contributed by atoms with van der Waals surface area (Å²) in [6, 6.07) is 16.5. The molecule has 1 aliphatic rings. The van der Waals surface area contributed by atoms with E-state index in [1.165, 1.54) is 17.4 Å². The number of hydrogen-bond donors (Lipinski definition) is 3. The summed E-state index contributed by atoms with van der Waals surface area (Å²) in [5.74, 6) is -0.350. The lowest BCUT2D eigenvalue weighted by Crippen LogP contribution is -2.48. The zero-order valence-corrected chi connectivity index (χ0v) is 22.0. The summed E-state index contributed by atoms with van der Waals surface area (Å²) in [5, 5.41) is 13.8. The normalized spacial score (nSPS) is 17.4. The maximum atomic E-state index is 14.2. The van der Waals surface area contributed by atoms with Gasteiger partial charge in [0.25, 0.3) is 5.91 Å². The summed E-state index contributed by atoms with van der Waals surface area (Å²) in [6.07, 6.45) is 5.11. The number of carbonyl (C=O) groups excluding carboxylic acids is 2. The average molecular weight is 526 g/mol. The van der Waals surface area contributed by atoms with Gasteiger partial charge in [-0.05, 0) is 35.2 Å². The second-order valence-corrected chi connectivity index (χ2v) is 10.5. The van der Waals surface area contributed by atoms with Gasteiger partial charge in [-0.15, -0.1) is 0 Å². The first-order valence-electron chi connectivity index (χ1n) is 12.8. The van der Waals surface area contributed by atoms with Crippen LogP contribution in [-0.2, 0) is 10.2 Å². The number of carbonyl (C=O) groups is 2. The van der Waals surface area contributed by atoms with Crippen LogP contribution in [-0.4, -0.2) is 44.6 Å². The van der Waals surface area contributed by atoms with E-state index >= 15 is 0 Å². The van der Waals surface area contributed by atoms with Crippen LogP contribution in [0.2, 0.25) is 0 Å². The zero-order valence-electron chi connectivity index (χ0n) is 22.0. The molecular formula is C30H31N5O4. The number of aromatic nitrogens is 3. The van der Waals surface area contributed by atoms with Crippen molar-refractivity contribution < 1.29 is 19.4 Å². The highest BCUT2D eigenvalue weighted by Crippen LogP contribution is 2.35. The molecule has 0 saturated carbocycles. The molecule has 3 atom stereocenters. The fraction of sp³-hybridized carbons (Fsp3) is 0.267. The number of benzene rings is 2. The Morgan fingerprint density at radius 1 is 1.10 bits per heavy atom. The number of pyridine rings is 1. The lowest BCUT2D eigenvalue weighted by molar-refractivity contribution is -0.124. The van der Waals surface area contributed by atoms with Crippen molar-refractivity contribution in [3.63, 3.8) is 0 Å². The van der Waals surface area contributed by atoms with Crippen LogP contribution >= 0.6 is 0 Å². The quantitative estimate of drug-likeness (QED) is 0.349. The number of ether oxygens (including phenoxy) is 1. The van der Waals surface area contributed by atoms with Gasteiger partial charge >= 0.3 is 0 Å². The fourth-order valence-electron chi connectivity index (χ4n) is 4.72. The summed E-state index contributed by atoms with van der Waals surface area (Å²) in [4.78, 5) is 40.7. The van der Waals surface area contributed by atoms with Crippen molar-refractivity contribution in [3.05, 3.63) is 108 Å². The molecule has 0 bridgehead atoms. The van der Waals surface area contributed by atoms with E-state index in [1.807, 2.05) is 36.4 Å². The largest absolute Gasteiger partial charge is 0.490 e. The van der Waals surface area contributed by atoms with Gasteiger partial charge in [-0.2, -0.15) is 0 Å². The van der Waals surface area contributed by atoms with Crippen LogP contribution in [0.25, 0.3) is 0 Å². The van der Waals surface area contributed by atoms with E-state index in [0.717, 1.165) is 5.56 Å². The molecule has 3 N–H and O–H groups in total. The molecule has 0 fully saturated rings. The smallest absolute Gasteiger partial charge is 0.279 e. The van der Waals surface area contributed by atoms with Crippen molar-refractivity contribution in [2.24, 2.45) is 0 Å². The van der Waals surface area contributed by atoms with Gasteiger partial charge in [0, 0.05) is 35.4 Å². The summed E-state index contributed by atoms with van der Waals surface area (Å²) >= 11 is 0. The summed E-state index contributed by atoms with van der Waals surface area (Å²) in [7, 11) is 0. The number of imidazole rings is 1. The Labute approximate surface area is 226 Å². The molecule has 2 aromatic heterocycles. The Balaban J connectivity index is 1.59. The van der Waals surface area contributed by atoms with Crippen molar-refractivity contribution in [2.45, 2.75) is 44.4 Å². The molecule has 4 aromatic rings. The van der Waals surface area contributed by atoms with Crippen LogP contribution < -0.4 is 15.0 Å². The minimum atomic E-state index is -1.11. The van der Waals surface area contributed by atoms with E-state index < -0.39 is 30.0 Å². The van der Waals surface area contributed by atoms with Crippen molar-refractivity contribution >= 4 is 17.5 Å². The number of aliphatic hydroxyl groups excluding tert-OH is 1. The monoisotopic (exact) mass is 525 g/mol. The second kappa shape index (κ2) is 10.7. The van der Waals surface area contributed by atoms with E-state index in [-0.39, 0.29) is 17.7 Å². The first-order chi connectivity index (χ1) is 18.7. The minimum absolute atomic E-state index is 0.0314. The van der Waals surface area contributed by atoms with Gasteiger partial charge in [-0.3, -0.25) is 19.5 Å². The number of aromatic amines is 1. The van der Waals surface area contributed by atoms with E-state index in [4.69, 9.17) is 4.74 Å². The summed E-state index contributed by atoms with van der Waals surface area (Å²) in [5.41, 5.74) is 2.84. The van der Waals surface area contributed by atoms with Crippen LogP contribution in [0.3, 0.4) is 0 Å². The minimum Gasteiger partial charge on any atom is -0.490 e. The second-order valence-electron chi connectivity index (χ2n) is 10.5.